The summed E-state index contributed by atoms with van der Waals surface area (Å²) in [6.07, 6.45) is 52.4. The van der Waals surface area contributed by atoms with E-state index in [0.29, 0.717) is 32.1 Å². The van der Waals surface area contributed by atoms with Crippen LogP contribution in [-0.4, -0.2) is 63.5 Å². The molecule has 0 aliphatic heterocycles. The number of aliphatic hydroxyl groups is 2. The van der Waals surface area contributed by atoms with Crippen LogP contribution < -0.4 is 0 Å². The number of hydrogen-bond acceptors (Lipinski definition) is 8. The first kappa shape index (κ1) is 54.1. The predicted octanol–water partition coefficient (Wildman–Crippen LogP) is 10.7. The van der Waals surface area contributed by atoms with Gasteiger partial charge >= 0.3 is 19.8 Å². The Labute approximate surface area is 348 Å². The maximum Gasteiger partial charge on any atom is 0.469 e. The summed E-state index contributed by atoms with van der Waals surface area (Å²) < 4.78 is 26.2. The maximum absolute atomic E-state index is 12.4. The van der Waals surface area contributed by atoms with E-state index >= 15 is 0 Å². The van der Waals surface area contributed by atoms with Crippen molar-refractivity contribution in [3.05, 3.63) is 134 Å². The van der Waals surface area contributed by atoms with E-state index in [-0.39, 0.29) is 19.4 Å². The summed E-state index contributed by atoms with van der Waals surface area (Å²) >= 11 is 0. The van der Waals surface area contributed by atoms with Crippen LogP contribution in [0.5, 0.6) is 0 Å². The molecule has 0 unspecified atom stereocenters. The number of unbranched alkanes of at least 4 members (excludes halogenated alkanes) is 3. The smallest absolute Gasteiger partial charge is 0.462 e. The second-order valence-electron chi connectivity index (χ2n) is 13.2. The highest BCUT2D eigenvalue weighted by atomic mass is 31.2. The van der Waals surface area contributed by atoms with Crippen molar-refractivity contribution in [3.8, 4) is 0 Å². The Kier molecular flexibility index (Phi) is 37.2. The molecule has 0 bridgehead atoms. The minimum Gasteiger partial charge on any atom is -0.462 e. The normalized spacial score (nSPS) is 14.9. The molecule has 11 heteroatoms. The van der Waals surface area contributed by atoms with Gasteiger partial charge in [0.15, 0.2) is 6.10 Å². The highest BCUT2D eigenvalue weighted by Gasteiger charge is 2.22. The van der Waals surface area contributed by atoms with E-state index in [4.69, 9.17) is 19.3 Å². The lowest BCUT2D eigenvalue weighted by atomic mass is 10.1. The van der Waals surface area contributed by atoms with E-state index in [0.717, 1.165) is 57.8 Å². The molecular weight excluding hydrogens is 755 g/mol. The van der Waals surface area contributed by atoms with Gasteiger partial charge in [0.05, 0.1) is 18.8 Å². The molecule has 0 aliphatic carbocycles. The number of hydrogen-bond donors (Lipinski definition) is 4. The lowest BCUT2D eigenvalue weighted by Crippen LogP contribution is -2.29. The summed E-state index contributed by atoms with van der Waals surface area (Å²) in [6, 6.07) is 0. The fraction of sp³-hybridized carbons (Fsp3) is 0.489. The van der Waals surface area contributed by atoms with Crippen LogP contribution in [0.15, 0.2) is 134 Å². The molecule has 0 saturated carbocycles. The summed E-state index contributed by atoms with van der Waals surface area (Å²) in [7, 11) is -4.82. The van der Waals surface area contributed by atoms with Crippen LogP contribution in [-0.2, 0) is 28.2 Å². The first-order valence-electron chi connectivity index (χ1n) is 20.7. The lowest BCUT2D eigenvalue weighted by molar-refractivity contribution is -0.161. The molecule has 0 aromatic carbocycles. The van der Waals surface area contributed by atoms with Gasteiger partial charge < -0.3 is 29.5 Å². The Morgan fingerprint density at radius 1 is 0.534 bits per heavy atom. The molecule has 0 heterocycles. The van der Waals surface area contributed by atoms with Crippen LogP contribution in [0.1, 0.15) is 117 Å². The van der Waals surface area contributed by atoms with Gasteiger partial charge in [0, 0.05) is 12.8 Å². The third-order valence-corrected chi connectivity index (χ3v) is 8.33. The van der Waals surface area contributed by atoms with Gasteiger partial charge in [-0.3, -0.25) is 14.1 Å². The van der Waals surface area contributed by atoms with Crippen molar-refractivity contribution in [1.82, 2.24) is 0 Å². The topological polar surface area (TPSA) is 160 Å². The second kappa shape index (κ2) is 39.9. The molecule has 0 fully saturated rings. The lowest BCUT2D eigenvalue weighted by Gasteiger charge is -2.18. The predicted molar refractivity (Wildman–Crippen MR) is 237 cm³/mol. The molecular formula is C47H71O10P. The van der Waals surface area contributed by atoms with Gasteiger partial charge in [-0.1, -0.05) is 154 Å². The Morgan fingerprint density at radius 3 is 1.53 bits per heavy atom. The highest BCUT2D eigenvalue weighted by molar-refractivity contribution is 7.46. The average molecular weight is 827 g/mol. The summed E-state index contributed by atoms with van der Waals surface area (Å²) in [5.74, 6) is -1.11. The first-order valence-corrected chi connectivity index (χ1v) is 22.2. The summed E-state index contributed by atoms with van der Waals surface area (Å²) in [5.41, 5.74) is 0. The van der Waals surface area contributed by atoms with E-state index in [9.17, 15) is 24.4 Å². The minimum absolute atomic E-state index is 0.0134. The Balaban J connectivity index is 4.27. The fourth-order valence-corrected chi connectivity index (χ4v) is 5.13. The van der Waals surface area contributed by atoms with Crippen molar-refractivity contribution in [1.29, 1.82) is 0 Å². The molecule has 0 spiro atoms. The van der Waals surface area contributed by atoms with Crippen molar-refractivity contribution in [2.45, 2.75) is 135 Å². The zero-order chi connectivity index (χ0) is 42.8. The Hall–Kier alpha value is -3.89. The molecule has 0 rings (SSSR count). The van der Waals surface area contributed by atoms with Crippen LogP contribution in [0, 0.1) is 0 Å². The van der Waals surface area contributed by atoms with Gasteiger partial charge in [0.25, 0.3) is 0 Å². The number of rotatable bonds is 35. The molecule has 0 saturated heterocycles. The summed E-state index contributed by atoms with van der Waals surface area (Å²) in [6.45, 7) is 3.18. The fourth-order valence-electron chi connectivity index (χ4n) is 4.77. The number of carbonyl (C=O) groups excluding carboxylic acids is 2. The first-order chi connectivity index (χ1) is 28.1. The van der Waals surface area contributed by atoms with Crippen LogP contribution in [0.25, 0.3) is 0 Å². The monoisotopic (exact) mass is 826 g/mol. The number of phosphoric ester groups is 1. The van der Waals surface area contributed by atoms with Gasteiger partial charge in [0.2, 0.25) is 0 Å². The Morgan fingerprint density at radius 2 is 1.00 bits per heavy atom. The Bertz CT molecular complexity index is 1420. The van der Waals surface area contributed by atoms with E-state index < -0.39 is 44.7 Å². The van der Waals surface area contributed by atoms with Crippen molar-refractivity contribution < 1.29 is 48.2 Å². The third-order valence-electron chi connectivity index (χ3n) is 7.84. The second-order valence-corrected chi connectivity index (χ2v) is 14.5. The highest BCUT2D eigenvalue weighted by Crippen LogP contribution is 2.35. The van der Waals surface area contributed by atoms with Crippen LogP contribution in [0.4, 0.5) is 0 Å². The van der Waals surface area contributed by atoms with Gasteiger partial charge in [-0.2, -0.15) is 0 Å². The van der Waals surface area contributed by atoms with Crippen molar-refractivity contribution in [2.24, 2.45) is 0 Å². The van der Waals surface area contributed by atoms with Gasteiger partial charge in [-0.05, 0) is 83.5 Å². The zero-order valence-electron chi connectivity index (χ0n) is 34.8. The van der Waals surface area contributed by atoms with Crippen LogP contribution >= 0.6 is 7.82 Å². The van der Waals surface area contributed by atoms with Crippen molar-refractivity contribution in [2.75, 3.05) is 13.2 Å². The zero-order valence-corrected chi connectivity index (χ0v) is 35.7. The number of esters is 2. The van der Waals surface area contributed by atoms with Crippen molar-refractivity contribution in [3.63, 3.8) is 0 Å². The quantitative estimate of drug-likeness (QED) is 0.0159. The number of allylic oxidation sites excluding steroid dienone is 18. The van der Waals surface area contributed by atoms with Gasteiger partial charge in [-0.25, -0.2) is 4.57 Å². The average Bonchev–Trinajstić information content (AvgIpc) is 3.18. The SMILES string of the molecule is CC/C=C\C/C=C\C/C=C\C/C=C\C/C=C\CCCCCC(=O)OC[C@H](COP(=O)(O)O)OC(=O)CC/C=C\C/C=C\C[C@@H](O)/C=C/C=C\C=C\[C@@H](O)C/C=C\CC. The van der Waals surface area contributed by atoms with Gasteiger partial charge in [-0.15, -0.1) is 0 Å². The largest absolute Gasteiger partial charge is 0.469 e. The minimum atomic E-state index is -4.82. The van der Waals surface area contributed by atoms with Crippen molar-refractivity contribution >= 4 is 19.8 Å². The molecule has 324 valence electrons. The molecule has 0 amide bonds. The molecule has 3 atom stereocenters. The van der Waals surface area contributed by atoms with E-state index in [2.05, 4.69) is 72.2 Å². The number of carbonyl (C=O) groups is 2. The molecule has 0 aromatic rings. The molecule has 0 aliphatic rings. The van der Waals surface area contributed by atoms with Gasteiger partial charge in [0.1, 0.15) is 6.61 Å². The number of aliphatic hydroxyl groups excluding tert-OH is 2. The molecule has 0 aromatic heterocycles. The summed E-state index contributed by atoms with van der Waals surface area (Å²) in [5, 5.41) is 19.9. The molecule has 10 nitrogen and oxygen atoms in total. The van der Waals surface area contributed by atoms with Crippen LogP contribution in [0.3, 0.4) is 0 Å². The molecule has 4 N–H and O–H groups in total. The van der Waals surface area contributed by atoms with E-state index in [1.807, 2.05) is 37.3 Å². The number of ether oxygens (including phenoxy) is 2. The molecule has 58 heavy (non-hydrogen) atoms. The number of phosphoric acid groups is 1. The molecule has 0 radical (unpaired) electrons. The standard InChI is InChI=1S/C47H71O10P/c1-3-5-7-8-9-10-11-12-13-14-15-16-17-18-19-20-21-25-33-39-46(50)55-41-45(42-56-58(52,53)54)57-47(51)40-34-26-23-22-24-30-36-44(49)38-32-28-27-31-37-43(48)35-29-6-4-2/h5-7,9-10,12-13,15-16,18-19,23-24,26-32,37-38,43-45,48-49H,3-4,8,11,14,17,20-22,25,33-36,39-42H2,1-2H3,(H2,52,53,54)/b7-5-,10-9-,13-12-,16-15-,19-18-,26-23-,28-27-,29-6-,30-24-,37-31+,38-32+/t43-,44+,45+/m0/s1. The summed E-state index contributed by atoms with van der Waals surface area (Å²) in [4.78, 5) is 42.8. The third kappa shape index (κ3) is 41.7. The van der Waals surface area contributed by atoms with E-state index in [1.165, 1.54) is 0 Å². The van der Waals surface area contributed by atoms with E-state index in [1.54, 1.807) is 42.5 Å². The maximum atomic E-state index is 12.4. The van der Waals surface area contributed by atoms with Crippen LogP contribution in [0.2, 0.25) is 0 Å².